The van der Waals surface area contributed by atoms with Crippen LogP contribution >= 0.6 is 0 Å². The first-order valence-electron chi connectivity index (χ1n) is 0.383. The Morgan fingerprint density at radius 3 is 1.60 bits per heavy atom. The van der Waals surface area contributed by atoms with Crippen LogP contribution in [-0.2, 0) is 21.1 Å². The standard InChI is InChI=1S/K.HNO2.Pt/c;2-1-3;/h;(H,2,3);. The topological polar surface area (TPSA) is 49.7 Å². The molecule has 0 saturated carbocycles. The third kappa shape index (κ3) is 26.7. The molecule has 0 fully saturated rings. The molecule has 0 aliphatic carbocycles. The maximum Gasteiger partial charge on any atom is 0.152 e. The second kappa shape index (κ2) is 17.2. The zero-order valence-corrected chi connectivity index (χ0v) is 8.01. The first-order chi connectivity index (χ1) is 1.41. The summed E-state index contributed by atoms with van der Waals surface area (Å²) in [5.74, 6) is 0. The van der Waals surface area contributed by atoms with Crippen LogP contribution in [0.2, 0.25) is 0 Å². The molecule has 0 amide bonds. The predicted octanol–water partition coefficient (Wildman–Crippen LogP) is -0.241. The van der Waals surface area contributed by atoms with E-state index < -0.39 is 0 Å². The van der Waals surface area contributed by atoms with Gasteiger partial charge in [0.05, 0.1) is 0 Å². The van der Waals surface area contributed by atoms with Gasteiger partial charge in [-0.2, -0.15) is 0 Å². The third-order valence-electron chi connectivity index (χ3n) is 0. The van der Waals surface area contributed by atoms with Crippen molar-refractivity contribution in [3.05, 3.63) is 4.91 Å². The minimum absolute atomic E-state index is 0. The molecule has 1 radical (unpaired) electrons. The van der Waals surface area contributed by atoms with Crippen molar-refractivity contribution in [2.45, 2.75) is 0 Å². The summed E-state index contributed by atoms with van der Waals surface area (Å²) < 4.78 is 0. The second-order valence-corrected chi connectivity index (χ2v) is 0.0816. The van der Waals surface area contributed by atoms with E-state index >= 15 is 0 Å². The molecule has 29 valence electrons. The van der Waals surface area contributed by atoms with Gasteiger partial charge in [0, 0.05) is 72.4 Å². The Kier molecular flexibility index (Phi) is 54.7. The van der Waals surface area contributed by atoms with Crippen molar-refractivity contribution >= 4 is 51.4 Å². The van der Waals surface area contributed by atoms with Crippen LogP contribution in [0.1, 0.15) is 0 Å². The smallest absolute Gasteiger partial charge is 0.152 e. The first kappa shape index (κ1) is 15.9. The zero-order chi connectivity index (χ0) is 2.71. The molecular formula is HKNO2Pt. The van der Waals surface area contributed by atoms with Gasteiger partial charge in [-0.15, -0.1) is 4.91 Å². The number of rotatable bonds is 0. The minimum Gasteiger partial charge on any atom is -0.379 e. The summed E-state index contributed by atoms with van der Waals surface area (Å²) in [6.07, 6.45) is 0. The molecule has 0 heterocycles. The zero-order valence-electron chi connectivity index (χ0n) is 2.62. The van der Waals surface area contributed by atoms with Crippen molar-refractivity contribution in [1.82, 2.24) is 0 Å². The summed E-state index contributed by atoms with van der Waals surface area (Å²) in [4.78, 5) is 8.11. The van der Waals surface area contributed by atoms with E-state index in [-0.39, 0.29) is 72.4 Å². The van der Waals surface area contributed by atoms with Crippen molar-refractivity contribution in [3.63, 3.8) is 0 Å². The quantitative estimate of drug-likeness (QED) is 0.378. The minimum atomic E-state index is 0. The van der Waals surface area contributed by atoms with Gasteiger partial charge in [-0.05, 0) is 0 Å². The van der Waals surface area contributed by atoms with E-state index in [1.165, 1.54) is 5.34 Å². The Bertz CT molecular complexity index is 17.1. The molecule has 5 heavy (non-hydrogen) atoms. The molecule has 0 atom stereocenters. The van der Waals surface area contributed by atoms with Gasteiger partial charge in [-0.1, -0.05) is 0 Å². The summed E-state index contributed by atoms with van der Waals surface area (Å²) in [6.45, 7) is 0. The van der Waals surface area contributed by atoms with Crippen molar-refractivity contribution in [1.29, 1.82) is 0 Å². The largest absolute Gasteiger partial charge is 0.379 e. The molecular weight excluding hydrogens is 280 g/mol. The van der Waals surface area contributed by atoms with E-state index in [1.54, 1.807) is 0 Å². The van der Waals surface area contributed by atoms with Gasteiger partial charge in [0.2, 0.25) is 0 Å². The summed E-state index contributed by atoms with van der Waals surface area (Å²) >= 11 is 0. The van der Waals surface area contributed by atoms with Gasteiger partial charge in [-0.25, -0.2) is 0 Å². The summed E-state index contributed by atoms with van der Waals surface area (Å²) in [6, 6.07) is 0. The van der Waals surface area contributed by atoms with Crippen molar-refractivity contribution in [2.24, 2.45) is 5.34 Å². The van der Waals surface area contributed by atoms with E-state index in [2.05, 4.69) is 0 Å². The SMILES string of the molecule is O=NO.[K].[Pt]. The van der Waals surface area contributed by atoms with Gasteiger partial charge < -0.3 is 5.21 Å². The Labute approximate surface area is 86.1 Å². The molecule has 0 aliphatic heterocycles. The molecule has 5 heteroatoms. The average molecular weight is 281 g/mol. The fourth-order valence-electron chi connectivity index (χ4n) is 0. The molecule has 3 nitrogen and oxygen atoms in total. The molecule has 0 aliphatic rings. The third-order valence-corrected chi connectivity index (χ3v) is 0. The van der Waals surface area contributed by atoms with E-state index in [0.717, 1.165) is 0 Å². The molecule has 0 saturated heterocycles. The monoisotopic (exact) mass is 281 g/mol. The fraction of sp³-hybridized carbons (Fsp3) is 0. The Balaban J connectivity index is -0.0000000200. The average Bonchev–Trinajstić information content (AvgIpc) is 0.918. The molecule has 0 aromatic carbocycles. The molecule has 0 rings (SSSR count). The van der Waals surface area contributed by atoms with Crippen LogP contribution in [-0.4, -0.2) is 56.6 Å². The number of hydrogen-bond acceptors (Lipinski definition) is 2. The maximum atomic E-state index is 8.11. The Morgan fingerprint density at radius 1 is 1.60 bits per heavy atom. The van der Waals surface area contributed by atoms with Gasteiger partial charge in [0.25, 0.3) is 0 Å². The van der Waals surface area contributed by atoms with Gasteiger partial charge in [0.1, 0.15) is 0 Å². The van der Waals surface area contributed by atoms with Crippen molar-refractivity contribution in [2.75, 3.05) is 0 Å². The Hall–Kier alpha value is 1.72. The molecule has 0 bridgehead atoms. The van der Waals surface area contributed by atoms with Crippen LogP contribution in [0.4, 0.5) is 0 Å². The van der Waals surface area contributed by atoms with Crippen LogP contribution in [0, 0.1) is 4.91 Å². The predicted molar refractivity (Wildman–Crippen MR) is 13.3 cm³/mol. The summed E-state index contributed by atoms with van der Waals surface area (Å²) in [7, 11) is 0. The van der Waals surface area contributed by atoms with Crippen molar-refractivity contribution in [3.8, 4) is 0 Å². The van der Waals surface area contributed by atoms with E-state index in [4.69, 9.17) is 10.1 Å². The van der Waals surface area contributed by atoms with Gasteiger partial charge in [-0.3, -0.25) is 0 Å². The van der Waals surface area contributed by atoms with Crippen LogP contribution in [0.15, 0.2) is 5.34 Å². The van der Waals surface area contributed by atoms with Crippen LogP contribution < -0.4 is 0 Å². The Morgan fingerprint density at radius 2 is 1.60 bits per heavy atom. The van der Waals surface area contributed by atoms with E-state index in [9.17, 15) is 0 Å². The van der Waals surface area contributed by atoms with Crippen LogP contribution in [0.5, 0.6) is 0 Å². The van der Waals surface area contributed by atoms with Gasteiger partial charge in [0.15, 0.2) is 5.34 Å². The molecule has 0 aromatic heterocycles. The van der Waals surface area contributed by atoms with Crippen molar-refractivity contribution < 1.29 is 26.3 Å². The van der Waals surface area contributed by atoms with Gasteiger partial charge >= 0.3 is 0 Å². The fourth-order valence-corrected chi connectivity index (χ4v) is 0. The molecule has 0 unspecified atom stereocenters. The number of hydrogen-bond donors (Lipinski definition) is 1. The first-order valence-corrected chi connectivity index (χ1v) is 0.383. The van der Waals surface area contributed by atoms with Crippen LogP contribution in [0.25, 0.3) is 0 Å². The maximum absolute atomic E-state index is 8.11. The summed E-state index contributed by atoms with van der Waals surface area (Å²) in [5.41, 5.74) is 0. The molecule has 0 aromatic rings. The molecule has 0 spiro atoms. The van der Waals surface area contributed by atoms with E-state index in [1.807, 2.05) is 0 Å². The van der Waals surface area contributed by atoms with Crippen LogP contribution in [0.3, 0.4) is 0 Å². The molecule has 1 N–H and O–H groups in total. The van der Waals surface area contributed by atoms with E-state index in [0.29, 0.717) is 0 Å². The number of nitrogens with zero attached hydrogens (tertiary/aromatic N) is 1. The second-order valence-electron chi connectivity index (χ2n) is 0.0816. The normalized spacial score (nSPS) is 2.40. The summed E-state index contributed by atoms with van der Waals surface area (Å²) in [5, 5.41) is 7.89.